The Bertz CT molecular complexity index is 912. The van der Waals surface area contributed by atoms with Crippen LogP contribution >= 0.6 is 0 Å². The van der Waals surface area contributed by atoms with Crippen LogP contribution in [0, 0.1) is 0 Å². The molecule has 6 N–H and O–H groups in total. The van der Waals surface area contributed by atoms with Crippen molar-refractivity contribution in [1.29, 1.82) is 0 Å². The second-order valence-corrected chi connectivity index (χ2v) is 6.74. The van der Waals surface area contributed by atoms with Crippen LogP contribution in [0.5, 0.6) is 5.75 Å². The molecule has 0 aliphatic carbocycles. The lowest BCUT2D eigenvalue weighted by Gasteiger charge is -2.15. The summed E-state index contributed by atoms with van der Waals surface area (Å²) < 4.78 is 10.7. The average Bonchev–Trinajstić information content (AvgIpc) is 2.78. The molecular weight excluding hydrogens is 414 g/mol. The number of aryl methyl sites for hydroxylation is 1. The summed E-state index contributed by atoms with van der Waals surface area (Å²) in [6.07, 6.45) is 2.32. The third kappa shape index (κ3) is 9.61. The Morgan fingerprint density at radius 2 is 1.78 bits per heavy atom. The molecule has 1 amide bonds. The third-order valence-electron chi connectivity index (χ3n) is 4.22. The van der Waals surface area contributed by atoms with E-state index in [9.17, 15) is 14.7 Å². The van der Waals surface area contributed by atoms with E-state index in [1.165, 1.54) is 0 Å². The highest BCUT2D eigenvalue weighted by Gasteiger charge is 2.20. The minimum Gasteiger partial charge on any atom is -0.494 e. The molecule has 0 spiro atoms. The summed E-state index contributed by atoms with van der Waals surface area (Å²) >= 11 is 0. The summed E-state index contributed by atoms with van der Waals surface area (Å²) in [6.45, 7) is 0.169. The number of nitrogens with two attached hydrogens (primary N) is 2. The highest BCUT2D eigenvalue weighted by Crippen LogP contribution is 2.14. The number of carbonyl (C=O) groups excluding carboxylic acids is 1. The molecule has 0 bridgehead atoms. The summed E-state index contributed by atoms with van der Waals surface area (Å²) in [7, 11) is 0. The van der Waals surface area contributed by atoms with E-state index in [2.05, 4.69) is 15.5 Å². The van der Waals surface area contributed by atoms with Crippen molar-refractivity contribution in [3.63, 3.8) is 0 Å². The molecule has 10 heteroatoms. The van der Waals surface area contributed by atoms with Gasteiger partial charge in [0.15, 0.2) is 0 Å². The maximum atomic E-state index is 11.9. The van der Waals surface area contributed by atoms with Crippen LogP contribution in [0.3, 0.4) is 0 Å². The van der Waals surface area contributed by atoms with Crippen molar-refractivity contribution in [2.75, 3.05) is 6.61 Å². The van der Waals surface area contributed by atoms with Crippen LogP contribution in [0.4, 0.5) is 4.79 Å². The van der Waals surface area contributed by atoms with Crippen molar-refractivity contribution < 1.29 is 24.2 Å². The number of alkyl carbamates (subject to hydrolysis) is 1. The lowest BCUT2D eigenvalue weighted by molar-refractivity contribution is -0.139. The van der Waals surface area contributed by atoms with E-state index >= 15 is 0 Å². The summed E-state index contributed by atoms with van der Waals surface area (Å²) in [6, 6.07) is 15.4. The van der Waals surface area contributed by atoms with E-state index in [4.69, 9.17) is 20.9 Å². The zero-order valence-corrected chi connectivity index (χ0v) is 17.5. The largest absolute Gasteiger partial charge is 0.494 e. The molecule has 0 saturated carbocycles. The van der Waals surface area contributed by atoms with Crippen LogP contribution in [-0.4, -0.2) is 42.0 Å². The number of benzene rings is 2. The molecule has 32 heavy (non-hydrogen) atoms. The van der Waals surface area contributed by atoms with Crippen molar-refractivity contribution in [3.8, 4) is 5.75 Å². The molecular formula is C22H27N5O5. The highest BCUT2D eigenvalue weighted by atomic mass is 16.5. The van der Waals surface area contributed by atoms with E-state index in [0.717, 1.165) is 17.5 Å². The minimum atomic E-state index is -1.16. The van der Waals surface area contributed by atoms with Crippen LogP contribution in [0.15, 0.2) is 64.8 Å². The number of aliphatic carboxylic acids is 1. The number of hydrogen-bond donors (Lipinski definition) is 4. The van der Waals surface area contributed by atoms with Gasteiger partial charge in [0.1, 0.15) is 18.4 Å². The molecule has 0 saturated heterocycles. The van der Waals surface area contributed by atoms with Crippen LogP contribution in [0.2, 0.25) is 0 Å². The number of rotatable bonds is 12. The standard InChI is InChI=1S/C22H27N5O5/c23-21(24)27-25-13-4-7-16-8-10-18(11-9-16)31-14-12-19(20(28)29)26-22(30)32-15-17-5-2-1-3-6-17/h1-3,5-6,8-11,13,19H,4,7,12,14-15H2,(H,26,30)(H,28,29)(H4,23,24,27)/b25-13-. The molecule has 0 fully saturated rings. The normalized spacial score (nSPS) is 11.5. The minimum absolute atomic E-state index is 0.0575. The van der Waals surface area contributed by atoms with Gasteiger partial charge in [-0.3, -0.25) is 0 Å². The van der Waals surface area contributed by atoms with Crippen LogP contribution in [0.1, 0.15) is 24.0 Å². The molecule has 0 radical (unpaired) electrons. The third-order valence-corrected chi connectivity index (χ3v) is 4.22. The fourth-order valence-corrected chi connectivity index (χ4v) is 2.61. The van der Waals surface area contributed by atoms with Gasteiger partial charge >= 0.3 is 12.1 Å². The number of nitrogens with one attached hydrogen (secondary N) is 1. The van der Waals surface area contributed by atoms with Gasteiger partial charge in [-0.25, -0.2) is 9.59 Å². The number of carboxylic acid groups (broad SMARTS) is 1. The molecule has 0 heterocycles. The van der Waals surface area contributed by atoms with Crippen LogP contribution in [0.25, 0.3) is 0 Å². The molecule has 1 atom stereocenters. The first kappa shape index (κ1) is 24.2. The maximum Gasteiger partial charge on any atom is 0.408 e. The number of hydrogen-bond acceptors (Lipinski definition) is 6. The Hall–Kier alpha value is -4.08. The number of amides is 1. The summed E-state index contributed by atoms with van der Waals surface area (Å²) in [5.74, 6) is -0.658. The Morgan fingerprint density at radius 1 is 1.06 bits per heavy atom. The van der Waals surface area contributed by atoms with E-state index < -0.39 is 18.1 Å². The first-order valence-electron chi connectivity index (χ1n) is 9.96. The topological polar surface area (TPSA) is 162 Å². The summed E-state index contributed by atoms with van der Waals surface area (Å²) in [5.41, 5.74) is 12.2. The molecule has 10 nitrogen and oxygen atoms in total. The smallest absolute Gasteiger partial charge is 0.408 e. The quantitative estimate of drug-likeness (QED) is 0.222. The van der Waals surface area contributed by atoms with Gasteiger partial charge in [-0.15, -0.1) is 5.10 Å². The predicted molar refractivity (Wildman–Crippen MR) is 120 cm³/mol. The van der Waals surface area contributed by atoms with E-state index in [1.807, 2.05) is 30.3 Å². The van der Waals surface area contributed by atoms with Gasteiger partial charge in [-0.1, -0.05) is 42.5 Å². The molecule has 0 aromatic heterocycles. The number of carboxylic acids is 1. The molecule has 170 valence electrons. The second kappa shape index (κ2) is 13.3. The lowest BCUT2D eigenvalue weighted by atomic mass is 10.1. The van der Waals surface area contributed by atoms with Gasteiger partial charge in [0.25, 0.3) is 0 Å². The van der Waals surface area contributed by atoms with Gasteiger partial charge in [0.2, 0.25) is 5.96 Å². The molecule has 0 aliphatic rings. The van der Waals surface area contributed by atoms with Crippen molar-refractivity contribution in [2.24, 2.45) is 21.7 Å². The Labute approximate surface area is 185 Å². The molecule has 0 aliphatic heterocycles. The zero-order chi connectivity index (χ0) is 23.2. The monoisotopic (exact) mass is 441 g/mol. The van der Waals surface area contributed by atoms with Crippen molar-refractivity contribution >= 4 is 24.2 Å². The van der Waals surface area contributed by atoms with E-state index in [-0.39, 0.29) is 25.6 Å². The van der Waals surface area contributed by atoms with Crippen LogP contribution < -0.4 is 21.5 Å². The number of nitrogens with zero attached hydrogens (tertiary/aromatic N) is 2. The predicted octanol–water partition coefficient (Wildman–Crippen LogP) is 2.03. The van der Waals surface area contributed by atoms with Crippen molar-refractivity contribution in [3.05, 3.63) is 65.7 Å². The van der Waals surface area contributed by atoms with E-state index in [0.29, 0.717) is 12.2 Å². The number of guanidine groups is 1. The van der Waals surface area contributed by atoms with Crippen LogP contribution in [-0.2, 0) is 22.6 Å². The van der Waals surface area contributed by atoms with E-state index in [1.54, 1.807) is 30.5 Å². The second-order valence-electron chi connectivity index (χ2n) is 6.74. The summed E-state index contributed by atoms with van der Waals surface area (Å²) in [4.78, 5) is 23.3. The first-order chi connectivity index (χ1) is 15.4. The van der Waals surface area contributed by atoms with Gasteiger partial charge in [0.05, 0.1) is 6.61 Å². The molecule has 1 unspecified atom stereocenters. The molecule has 2 aromatic rings. The van der Waals surface area contributed by atoms with Gasteiger partial charge in [-0.05, 0) is 36.1 Å². The van der Waals surface area contributed by atoms with Gasteiger partial charge in [0, 0.05) is 12.6 Å². The lowest BCUT2D eigenvalue weighted by Crippen LogP contribution is -2.42. The molecule has 2 rings (SSSR count). The first-order valence-corrected chi connectivity index (χ1v) is 9.96. The fourth-order valence-electron chi connectivity index (χ4n) is 2.61. The molecule has 2 aromatic carbocycles. The highest BCUT2D eigenvalue weighted by molar-refractivity contribution is 5.79. The zero-order valence-electron chi connectivity index (χ0n) is 17.5. The summed E-state index contributed by atoms with van der Waals surface area (Å²) in [5, 5.41) is 18.9. The Balaban J connectivity index is 1.72. The average molecular weight is 441 g/mol. The maximum absolute atomic E-state index is 11.9. The van der Waals surface area contributed by atoms with Gasteiger partial charge in [-0.2, -0.15) is 5.10 Å². The number of carbonyl (C=O) groups is 2. The van der Waals surface area contributed by atoms with Crippen molar-refractivity contribution in [2.45, 2.75) is 31.9 Å². The fraction of sp³-hybridized carbons (Fsp3) is 0.273. The Morgan fingerprint density at radius 3 is 2.44 bits per heavy atom. The van der Waals surface area contributed by atoms with Crippen molar-refractivity contribution in [1.82, 2.24) is 5.32 Å². The number of ether oxygens (including phenoxy) is 2. The Kier molecular flexibility index (Phi) is 10.0. The van der Waals surface area contributed by atoms with Gasteiger partial charge < -0.3 is 31.4 Å². The SMILES string of the molecule is NC(N)=N/N=C\CCc1ccc(OCCC(NC(=O)OCc2ccccc2)C(=O)O)cc1.